The minimum absolute atomic E-state index is 0.0646. The summed E-state index contributed by atoms with van der Waals surface area (Å²) in [5.74, 6) is 1.27. The molecule has 0 aliphatic carbocycles. The van der Waals surface area contributed by atoms with Gasteiger partial charge in [-0.2, -0.15) is 0 Å². The molecule has 0 fully saturated rings. The first-order valence-corrected chi connectivity index (χ1v) is 7.40. The maximum Gasteiger partial charge on any atom is 0.227 e. The van der Waals surface area contributed by atoms with Crippen molar-refractivity contribution < 1.29 is 4.79 Å². The molecule has 6 heteroatoms. The summed E-state index contributed by atoms with van der Waals surface area (Å²) in [6, 6.07) is 3.72. The molecule has 0 saturated carbocycles. The molecule has 0 spiro atoms. The van der Waals surface area contributed by atoms with Gasteiger partial charge < -0.3 is 16.0 Å². The van der Waals surface area contributed by atoms with Gasteiger partial charge in [0.05, 0.1) is 0 Å². The van der Waals surface area contributed by atoms with E-state index in [4.69, 9.17) is 0 Å². The standard InChI is InChI=1S/C15H25N5O/c1-4-9-17-15(16-5-2)18-10-8-14(21)20-13-7-6-12(3)11-19-13/h6-7,11H,4-5,8-10H2,1-3H3,(H2,16,17,18)(H,19,20,21). The van der Waals surface area contributed by atoms with E-state index >= 15 is 0 Å². The number of nitrogens with zero attached hydrogens (tertiary/aromatic N) is 2. The number of amides is 1. The molecule has 0 unspecified atom stereocenters. The van der Waals surface area contributed by atoms with Crippen LogP contribution in [0.15, 0.2) is 23.3 Å². The average Bonchev–Trinajstić information content (AvgIpc) is 2.47. The fraction of sp³-hybridized carbons (Fsp3) is 0.533. The molecular formula is C15H25N5O. The SMILES string of the molecule is CCCN=C(NCC)NCCC(=O)Nc1ccc(C)cn1. The number of guanidine groups is 1. The Morgan fingerprint density at radius 3 is 2.71 bits per heavy atom. The van der Waals surface area contributed by atoms with Crippen LogP contribution in [0.25, 0.3) is 0 Å². The third-order valence-electron chi connectivity index (χ3n) is 2.66. The predicted octanol–water partition coefficient (Wildman–Crippen LogP) is 1.68. The Morgan fingerprint density at radius 2 is 2.10 bits per heavy atom. The van der Waals surface area contributed by atoms with Crippen LogP contribution in [-0.2, 0) is 4.79 Å². The number of aliphatic imine (C=N–C) groups is 1. The zero-order valence-electron chi connectivity index (χ0n) is 13.1. The summed E-state index contributed by atoms with van der Waals surface area (Å²) in [6.07, 6.45) is 3.09. The summed E-state index contributed by atoms with van der Waals surface area (Å²) in [6.45, 7) is 8.16. The summed E-state index contributed by atoms with van der Waals surface area (Å²) in [5.41, 5.74) is 1.07. The maximum atomic E-state index is 11.8. The van der Waals surface area contributed by atoms with Crippen molar-refractivity contribution in [2.75, 3.05) is 25.0 Å². The molecule has 3 N–H and O–H groups in total. The second kappa shape index (κ2) is 9.74. The largest absolute Gasteiger partial charge is 0.357 e. The zero-order valence-corrected chi connectivity index (χ0v) is 13.1. The topological polar surface area (TPSA) is 78.4 Å². The van der Waals surface area contributed by atoms with Crippen LogP contribution in [0, 0.1) is 6.92 Å². The lowest BCUT2D eigenvalue weighted by Gasteiger charge is -2.11. The first-order valence-electron chi connectivity index (χ1n) is 7.40. The molecule has 0 aliphatic rings. The van der Waals surface area contributed by atoms with Gasteiger partial charge in [0, 0.05) is 32.3 Å². The Hall–Kier alpha value is -2.11. The molecule has 1 aromatic rings. The van der Waals surface area contributed by atoms with Crippen LogP contribution in [0.2, 0.25) is 0 Å². The van der Waals surface area contributed by atoms with Gasteiger partial charge >= 0.3 is 0 Å². The quantitative estimate of drug-likeness (QED) is 0.527. The van der Waals surface area contributed by atoms with E-state index in [9.17, 15) is 4.79 Å². The van der Waals surface area contributed by atoms with E-state index in [1.54, 1.807) is 12.3 Å². The lowest BCUT2D eigenvalue weighted by Crippen LogP contribution is -2.38. The van der Waals surface area contributed by atoms with E-state index in [0.717, 1.165) is 31.0 Å². The summed E-state index contributed by atoms with van der Waals surface area (Å²) in [4.78, 5) is 20.3. The van der Waals surface area contributed by atoms with E-state index < -0.39 is 0 Å². The van der Waals surface area contributed by atoms with Crippen molar-refractivity contribution in [1.82, 2.24) is 15.6 Å². The van der Waals surface area contributed by atoms with Crippen LogP contribution in [0.1, 0.15) is 32.3 Å². The molecule has 0 aromatic carbocycles. The number of aryl methyl sites for hydroxylation is 1. The normalized spacial score (nSPS) is 11.1. The van der Waals surface area contributed by atoms with Crippen LogP contribution in [-0.4, -0.2) is 36.5 Å². The summed E-state index contributed by atoms with van der Waals surface area (Å²) >= 11 is 0. The Morgan fingerprint density at radius 1 is 1.29 bits per heavy atom. The van der Waals surface area contributed by atoms with Gasteiger partial charge in [0.2, 0.25) is 5.91 Å². The molecule has 6 nitrogen and oxygen atoms in total. The molecule has 0 saturated heterocycles. The predicted molar refractivity (Wildman–Crippen MR) is 86.5 cm³/mol. The molecule has 0 aliphatic heterocycles. The van der Waals surface area contributed by atoms with Gasteiger partial charge in [-0.1, -0.05) is 13.0 Å². The van der Waals surface area contributed by atoms with E-state index in [2.05, 4.69) is 32.9 Å². The van der Waals surface area contributed by atoms with Gasteiger partial charge in [0.1, 0.15) is 5.82 Å². The van der Waals surface area contributed by atoms with Gasteiger partial charge in [-0.25, -0.2) is 4.98 Å². The summed E-state index contributed by atoms with van der Waals surface area (Å²) in [5, 5.41) is 9.05. The minimum atomic E-state index is -0.0646. The van der Waals surface area contributed by atoms with Gasteiger partial charge in [-0.15, -0.1) is 0 Å². The summed E-state index contributed by atoms with van der Waals surface area (Å²) < 4.78 is 0. The van der Waals surface area contributed by atoms with Gasteiger partial charge in [0.15, 0.2) is 5.96 Å². The number of nitrogens with one attached hydrogen (secondary N) is 3. The summed E-state index contributed by atoms with van der Waals surface area (Å²) in [7, 11) is 0. The fourth-order valence-corrected chi connectivity index (χ4v) is 1.61. The molecule has 0 atom stereocenters. The Labute approximate surface area is 126 Å². The molecule has 1 rings (SSSR count). The van der Waals surface area contributed by atoms with Gasteiger partial charge in [-0.3, -0.25) is 9.79 Å². The van der Waals surface area contributed by atoms with E-state index in [1.807, 2.05) is 19.9 Å². The number of hydrogen-bond acceptors (Lipinski definition) is 3. The van der Waals surface area contributed by atoms with Crippen molar-refractivity contribution in [2.24, 2.45) is 4.99 Å². The van der Waals surface area contributed by atoms with Crippen molar-refractivity contribution in [1.29, 1.82) is 0 Å². The number of anilines is 1. The number of carbonyl (C=O) groups excluding carboxylic acids is 1. The highest BCUT2D eigenvalue weighted by Gasteiger charge is 2.04. The smallest absolute Gasteiger partial charge is 0.227 e. The molecule has 0 bridgehead atoms. The van der Waals surface area contributed by atoms with Crippen molar-refractivity contribution >= 4 is 17.7 Å². The second-order valence-corrected chi connectivity index (χ2v) is 4.71. The van der Waals surface area contributed by atoms with E-state index in [1.165, 1.54) is 0 Å². The third kappa shape index (κ3) is 7.29. The second-order valence-electron chi connectivity index (χ2n) is 4.71. The van der Waals surface area contributed by atoms with Crippen molar-refractivity contribution in [3.05, 3.63) is 23.9 Å². The number of rotatable bonds is 7. The van der Waals surface area contributed by atoms with Crippen LogP contribution in [0.3, 0.4) is 0 Å². The zero-order chi connectivity index (χ0) is 15.5. The van der Waals surface area contributed by atoms with Crippen LogP contribution < -0.4 is 16.0 Å². The Kier molecular flexibility index (Phi) is 7.86. The number of aromatic nitrogens is 1. The Balaban J connectivity index is 2.33. The highest BCUT2D eigenvalue weighted by atomic mass is 16.1. The third-order valence-corrected chi connectivity index (χ3v) is 2.66. The fourth-order valence-electron chi connectivity index (χ4n) is 1.61. The number of hydrogen-bond donors (Lipinski definition) is 3. The molecule has 116 valence electrons. The molecule has 1 heterocycles. The lowest BCUT2D eigenvalue weighted by atomic mass is 10.3. The molecular weight excluding hydrogens is 266 g/mol. The van der Waals surface area contributed by atoms with Crippen LogP contribution >= 0.6 is 0 Å². The average molecular weight is 291 g/mol. The molecule has 0 radical (unpaired) electrons. The highest BCUT2D eigenvalue weighted by molar-refractivity contribution is 5.90. The first-order chi connectivity index (χ1) is 10.2. The van der Waals surface area contributed by atoms with Crippen molar-refractivity contribution in [2.45, 2.75) is 33.6 Å². The Bertz CT molecular complexity index is 456. The minimum Gasteiger partial charge on any atom is -0.357 e. The highest BCUT2D eigenvalue weighted by Crippen LogP contribution is 2.03. The van der Waals surface area contributed by atoms with Gasteiger partial charge in [0.25, 0.3) is 0 Å². The van der Waals surface area contributed by atoms with Crippen molar-refractivity contribution in [3.63, 3.8) is 0 Å². The van der Waals surface area contributed by atoms with Crippen molar-refractivity contribution in [3.8, 4) is 0 Å². The van der Waals surface area contributed by atoms with Gasteiger partial charge in [-0.05, 0) is 31.9 Å². The molecule has 1 aromatic heterocycles. The monoisotopic (exact) mass is 291 g/mol. The van der Waals surface area contributed by atoms with E-state index in [0.29, 0.717) is 18.8 Å². The molecule has 21 heavy (non-hydrogen) atoms. The number of pyridine rings is 1. The maximum absolute atomic E-state index is 11.8. The lowest BCUT2D eigenvalue weighted by molar-refractivity contribution is -0.116. The number of carbonyl (C=O) groups is 1. The molecule has 1 amide bonds. The van der Waals surface area contributed by atoms with E-state index in [-0.39, 0.29) is 5.91 Å². The first kappa shape index (κ1) is 16.9. The van der Waals surface area contributed by atoms with Crippen LogP contribution in [0.4, 0.5) is 5.82 Å². The van der Waals surface area contributed by atoms with Crippen LogP contribution in [0.5, 0.6) is 0 Å².